The van der Waals surface area contributed by atoms with Crippen molar-refractivity contribution in [2.24, 2.45) is 5.92 Å². The first-order valence-corrected chi connectivity index (χ1v) is 8.69. The largest absolute Gasteiger partial charge is 0.467 e. The molecule has 2 atom stereocenters. The van der Waals surface area contributed by atoms with Gasteiger partial charge < -0.3 is 14.6 Å². The molecule has 0 aliphatic carbocycles. The van der Waals surface area contributed by atoms with Crippen molar-refractivity contribution in [1.29, 1.82) is 0 Å². The lowest BCUT2D eigenvalue weighted by molar-refractivity contribution is -0.129. The van der Waals surface area contributed by atoms with E-state index in [1.54, 1.807) is 17.2 Å². The summed E-state index contributed by atoms with van der Waals surface area (Å²) in [6, 6.07) is 11.3. The van der Waals surface area contributed by atoms with Gasteiger partial charge in [-0.2, -0.15) is 0 Å². The zero-order valence-electron chi connectivity index (χ0n) is 13.4. The van der Waals surface area contributed by atoms with Crippen molar-refractivity contribution in [1.82, 2.24) is 10.2 Å². The zero-order valence-corrected chi connectivity index (χ0v) is 15.0. The van der Waals surface area contributed by atoms with Gasteiger partial charge in [0.05, 0.1) is 24.8 Å². The summed E-state index contributed by atoms with van der Waals surface area (Å²) >= 11 is 3.50. The quantitative estimate of drug-likeness (QED) is 0.851. The molecule has 2 unspecified atom stereocenters. The Kier molecular flexibility index (Phi) is 5.04. The molecule has 1 fully saturated rings. The molecule has 0 saturated carbocycles. The minimum atomic E-state index is -0.322. The van der Waals surface area contributed by atoms with E-state index in [4.69, 9.17) is 4.42 Å². The van der Waals surface area contributed by atoms with Gasteiger partial charge in [0.25, 0.3) is 0 Å². The maximum Gasteiger partial charge on any atom is 0.225 e. The van der Waals surface area contributed by atoms with Crippen LogP contribution < -0.4 is 5.32 Å². The highest BCUT2D eigenvalue weighted by Gasteiger charge is 2.35. The Bertz CT molecular complexity index is 730. The smallest absolute Gasteiger partial charge is 0.225 e. The van der Waals surface area contributed by atoms with E-state index in [2.05, 4.69) is 21.2 Å². The predicted molar refractivity (Wildman–Crippen MR) is 92.9 cm³/mol. The second-order valence-corrected chi connectivity index (χ2v) is 6.86. The summed E-state index contributed by atoms with van der Waals surface area (Å²) in [4.78, 5) is 26.3. The van der Waals surface area contributed by atoms with E-state index in [9.17, 15) is 9.59 Å². The van der Waals surface area contributed by atoms with Gasteiger partial charge in [-0.3, -0.25) is 9.59 Å². The Morgan fingerprint density at radius 2 is 2.17 bits per heavy atom. The predicted octanol–water partition coefficient (Wildman–Crippen LogP) is 3.27. The number of carbonyl (C=O) groups is 2. The van der Waals surface area contributed by atoms with Crippen molar-refractivity contribution >= 4 is 27.7 Å². The summed E-state index contributed by atoms with van der Waals surface area (Å²) in [6.07, 6.45) is 1.83. The molecule has 2 aromatic rings. The van der Waals surface area contributed by atoms with Gasteiger partial charge in [-0.25, -0.2) is 0 Å². The molecule has 0 radical (unpaired) electrons. The van der Waals surface area contributed by atoms with Crippen LogP contribution >= 0.6 is 15.9 Å². The molecule has 24 heavy (non-hydrogen) atoms. The average Bonchev–Trinajstić information content (AvgIpc) is 3.18. The van der Waals surface area contributed by atoms with Crippen LogP contribution in [0.3, 0.4) is 0 Å². The normalized spacial score (nSPS) is 18.7. The number of carbonyl (C=O) groups excluding carboxylic acids is 2. The maximum atomic E-state index is 12.5. The SMILES string of the molecule is CC(NC(=O)C1CC(=O)N(Cc2ccco2)C1)c1ccccc1Br. The first-order valence-electron chi connectivity index (χ1n) is 7.89. The zero-order chi connectivity index (χ0) is 17.1. The standard InChI is InChI=1S/C18H19BrN2O3/c1-12(15-6-2-3-7-16(15)19)20-18(23)13-9-17(22)21(10-13)11-14-5-4-8-24-14/h2-8,12-13H,9-11H2,1H3,(H,20,23). The Morgan fingerprint density at radius 1 is 1.38 bits per heavy atom. The average molecular weight is 391 g/mol. The summed E-state index contributed by atoms with van der Waals surface area (Å²) < 4.78 is 6.23. The first-order chi connectivity index (χ1) is 11.5. The Balaban J connectivity index is 1.60. The highest BCUT2D eigenvalue weighted by Crippen LogP contribution is 2.25. The topological polar surface area (TPSA) is 62.6 Å². The molecule has 126 valence electrons. The molecule has 1 N–H and O–H groups in total. The lowest BCUT2D eigenvalue weighted by Gasteiger charge is -2.19. The highest BCUT2D eigenvalue weighted by atomic mass is 79.9. The van der Waals surface area contributed by atoms with Crippen molar-refractivity contribution in [3.8, 4) is 0 Å². The molecule has 2 amide bonds. The van der Waals surface area contributed by atoms with Crippen LogP contribution in [0.15, 0.2) is 51.6 Å². The minimum absolute atomic E-state index is 0.0138. The fourth-order valence-electron chi connectivity index (χ4n) is 2.93. The number of likely N-dealkylation sites (tertiary alicyclic amines) is 1. The van der Waals surface area contributed by atoms with E-state index in [-0.39, 0.29) is 30.2 Å². The third-order valence-electron chi connectivity index (χ3n) is 4.24. The van der Waals surface area contributed by atoms with Crippen LogP contribution in [0.5, 0.6) is 0 Å². The summed E-state index contributed by atoms with van der Waals surface area (Å²) in [7, 11) is 0. The van der Waals surface area contributed by atoms with Gasteiger partial charge in [-0.1, -0.05) is 34.1 Å². The molecule has 0 bridgehead atoms. The molecule has 1 saturated heterocycles. The van der Waals surface area contributed by atoms with Crippen molar-refractivity contribution in [3.63, 3.8) is 0 Å². The Labute approximate surface area is 149 Å². The maximum absolute atomic E-state index is 12.5. The molecule has 1 aromatic heterocycles. The third-order valence-corrected chi connectivity index (χ3v) is 4.96. The van der Waals surface area contributed by atoms with Crippen molar-refractivity contribution in [2.75, 3.05) is 6.54 Å². The van der Waals surface area contributed by atoms with E-state index in [1.165, 1.54) is 0 Å². The first kappa shape index (κ1) is 16.8. The summed E-state index contributed by atoms with van der Waals surface area (Å²) in [5.74, 6) is 0.303. The molecule has 3 rings (SSSR count). The third kappa shape index (κ3) is 3.70. The van der Waals surface area contributed by atoms with E-state index in [0.29, 0.717) is 13.1 Å². The van der Waals surface area contributed by atoms with Crippen LogP contribution in [0.4, 0.5) is 0 Å². The van der Waals surface area contributed by atoms with E-state index >= 15 is 0 Å². The molecule has 2 heterocycles. The molecule has 1 aliphatic rings. The Hall–Kier alpha value is -2.08. The van der Waals surface area contributed by atoms with Gasteiger partial charge in [0.1, 0.15) is 5.76 Å². The van der Waals surface area contributed by atoms with Gasteiger partial charge >= 0.3 is 0 Å². The second kappa shape index (κ2) is 7.21. The van der Waals surface area contributed by atoms with E-state index < -0.39 is 0 Å². The number of rotatable bonds is 5. The molecule has 1 aliphatic heterocycles. The highest BCUT2D eigenvalue weighted by molar-refractivity contribution is 9.10. The number of nitrogens with zero attached hydrogens (tertiary/aromatic N) is 1. The van der Waals surface area contributed by atoms with Gasteiger partial charge in [0, 0.05) is 17.4 Å². The van der Waals surface area contributed by atoms with Crippen LogP contribution in [-0.2, 0) is 16.1 Å². The second-order valence-electron chi connectivity index (χ2n) is 6.01. The van der Waals surface area contributed by atoms with Crippen LogP contribution in [0, 0.1) is 5.92 Å². The van der Waals surface area contributed by atoms with E-state index in [1.807, 2.05) is 37.3 Å². The number of halogens is 1. The van der Waals surface area contributed by atoms with Gasteiger partial charge in [-0.05, 0) is 30.7 Å². The summed E-state index contributed by atoms with van der Waals surface area (Å²) in [5, 5.41) is 3.01. The Morgan fingerprint density at radius 3 is 2.88 bits per heavy atom. The molecular formula is C18H19BrN2O3. The van der Waals surface area contributed by atoms with Gasteiger partial charge in [0.15, 0.2) is 0 Å². The van der Waals surface area contributed by atoms with Gasteiger partial charge in [-0.15, -0.1) is 0 Å². The van der Waals surface area contributed by atoms with Crippen molar-refractivity contribution < 1.29 is 14.0 Å². The summed E-state index contributed by atoms with van der Waals surface area (Å²) in [6.45, 7) is 2.78. The van der Waals surface area contributed by atoms with Crippen LogP contribution in [0.1, 0.15) is 30.7 Å². The fraction of sp³-hybridized carbons (Fsp3) is 0.333. The van der Waals surface area contributed by atoms with Crippen LogP contribution in [0.25, 0.3) is 0 Å². The molecule has 0 spiro atoms. The van der Waals surface area contributed by atoms with Crippen LogP contribution in [0.2, 0.25) is 0 Å². The number of benzene rings is 1. The minimum Gasteiger partial charge on any atom is -0.467 e. The molecule has 1 aromatic carbocycles. The molecule has 5 nitrogen and oxygen atoms in total. The molecular weight excluding hydrogens is 372 g/mol. The molecule has 6 heteroatoms. The number of hydrogen-bond donors (Lipinski definition) is 1. The summed E-state index contributed by atoms with van der Waals surface area (Å²) in [5.41, 5.74) is 1.02. The number of nitrogens with one attached hydrogen (secondary N) is 1. The number of amides is 2. The number of furan rings is 1. The fourth-order valence-corrected chi connectivity index (χ4v) is 3.55. The van der Waals surface area contributed by atoms with Crippen molar-refractivity contribution in [3.05, 3.63) is 58.5 Å². The lowest BCUT2D eigenvalue weighted by atomic mass is 10.1. The van der Waals surface area contributed by atoms with Crippen LogP contribution in [-0.4, -0.2) is 23.3 Å². The van der Waals surface area contributed by atoms with Gasteiger partial charge in [0.2, 0.25) is 11.8 Å². The lowest BCUT2D eigenvalue weighted by Crippen LogP contribution is -2.34. The van der Waals surface area contributed by atoms with E-state index in [0.717, 1.165) is 15.8 Å². The monoisotopic (exact) mass is 390 g/mol. The number of hydrogen-bond acceptors (Lipinski definition) is 3. The van der Waals surface area contributed by atoms with Crippen molar-refractivity contribution in [2.45, 2.75) is 25.9 Å².